The minimum atomic E-state index is 0.0771. The molecule has 0 radical (unpaired) electrons. The van der Waals surface area contributed by atoms with Crippen LogP contribution in [0.5, 0.6) is 0 Å². The van der Waals surface area contributed by atoms with E-state index in [-0.39, 0.29) is 5.54 Å². The van der Waals surface area contributed by atoms with E-state index in [1.54, 1.807) is 17.5 Å². The van der Waals surface area contributed by atoms with Gasteiger partial charge in [0.25, 0.3) is 0 Å². The van der Waals surface area contributed by atoms with Crippen LogP contribution in [0.1, 0.15) is 12.8 Å². The molecule has 0 aromatic carbocycles. The maximum atomic E-state index is 5.03. The third kappa shape index (κ3) is 1.92. The molecule has 2 bridgehead atoms. The second kappa shape index (κ2) is 4.63. The van der Waals surface area contributed by atoms with Gasteiger partial charge in [-0.1, -0.05) is 11.3 Å². The number of thiazole rings is 1. The Bertz CT molecular complexity index is 714. The van der Waals surface area contributed by atoms with Crippen molar-refractivity contribution in [2.45, 2.75) is 18.4 Å². The Kier molecular flexibility index (Phi) is 2.69. The summed E-state index contributed by atoms with van der Waals surface area (Å²) in [6.45, 7) is 4.53. The lowest BCUT2D eigenvalue weighted by molar-refractivity contribution is 0.0374. The Labute approximate surface area is 132 Å². The second-order valence-corrected chi connectivity index (χ2v) is 7.42. The van der Waals surface area contributed by atoms with Gasteiger partial charge in [-0.05, 0) is 44.0 Å². The van der Waals surface area contributed by atoms with Crippen molar-refractivity contribution < 1.29 is 0 Å². The highest BCUT2D eigenvalue weighted by molar-refractivity contribution is 7.21. The van der Waals surface area contributed by atoms with Gasteiger partial charge in [-0.15, -0.1) is 0 Å². The highest BCUT2D eigenvalue weighted by Crippen LogP contribution is 2.39. The molecule has 1 atom stereocenters. The monoisotopic (exact) mass is 314 g/mol. The minimum Gasteiger partial charge on any atom is -0.354 e. The van der Waals surface area contributed by atoms with Crippen molar-refractivity contribution in [3.05, 3.63) is 18.3 Å². The third-order valence-corrected chi connectivity index (χ3v) is 6.03. The summed E-state index contributed by atoms with van der Waals surface area (Å²) in [5.74, 6) is 1.59. The quantitative estimate of drug-likeness (QED) is 0.835. The van der Waals surface area contributed by atoms with Crippen LogP contribution >= 0.6 is 11.3 Å². The van der Waals surface area contributed by atoms with E-state index in [4.69, 9.17) is 4.99 Å². The Morgan fingerprint density at radius 1 is 1.36 bits per heavy atom. The Hall–Kier alpha value is -1.73. The molecule has 6 nitrogen and oxygen atoms in total. The second-order valence-electron chi connectivity index (χ2n) is 6.44. The van der Waals surface area contributed by atoms with Crippen LogP contribution in [0.15, 0.2) is 23.3 Å². The van der Waals surface area contributed by atoms with Gasteiger partial charge in [0, 0.05) is 19.3 Å². The summed E-state index contributed by atoms with van der Waals surface area (Å²) >= 11 is 1.57. The van der Waals surface area contributed by atoms with Crippen molar-refractivity contribution in [3.63, 3.8) is 0 Å². The highest BCUT2D eigenvalue weighted by atomic mass is 32.1. The van der Waals surface area contributed by atoms with Crippen molar-refractivity contribution in [1.82, 2.24) is 20.2 Å². The fraction of sp³-hybridized carbons (Fsp3) is 0.533. The molecule has 4 aliphatic rings. The fourth-order valence-electron chi connectivity index (χ4n) is 4.01. The first-order valence-electron chi connectivity index (χ1n) is 7.85. The first kappa shape index (κ1) is 12.8. The molecular formula is C15H18N6S. The number of aliphatic imine (C=N–C) groups is 1. The zero-order valence-corrected chi connectivity index (χ0v) is 13.1. The number of nitrogens with one attached hydrogen (secondary N) is 2. The molecule has 7 heteroatoms. The van der Waals surface area contributed by atoms with Crippen molar-refractivity contribution >= 4 is 32.8 Å². The summed E-state index contributed by atoms with van der Waals surface area (Å²) in [7, 11) is 0. The van der Waals surface area contributed by atoms with Gasteiger partial charge in [0.1, 0.15) is 10.3 Å². The van der Waals surface area contributed by atoms with E-state index >= 15 is 0 Å². The summed E-state index contributed by atoms with van der Waals surface area (Å²) in [6, 6.07) is 3.90. The Balaban J connectivity index is 1.41. The van der Waals surface area contributed by atoms with Gasteiger partial charge in [-0.25, -0.2) is 15.0 Å². The van der Waals surface area contributed by atoms with Crippen LogP contribution in [-0.4, -0.2) is 52.5 Å². The summed E-state index contributed by atoms with van der Waals surface area (Å²) in [5.41, 5.74) is 1.01. The number of guanidine groups is 1. The number of pyridine rings is 1. The van der Waals surface area contributed by atoms with E-state index in [1.165, 1.54) is 25.9 Å². The topological polar surface area (TPSA) is 65.4 Å². The number of anilines is 1. The van der Waals surface area contributed by atoms with Crippen LogP contribution in [0.3, 0.4) is 0 Å². The minimum absolute atomic E-state index is 0.0771. The predicted octanol–water partition coefficient (Wildman–Crippen LogP) is 1.53. The lowest BCUT2D eigenvalue weighted by Gasteiger charge is -2.49. The molecule has 2 aromatic rings. The molecular weight excluding hydrogens is 296 g/mol. The van der Waals surface area contributed by atoms with Crippen molar-refractivity contribution in [1.29, 1.82) is 0 Å². The molecule has 4 aliphatic heterocycles. The van der Waals surface area contributed by atoms with Gasteiger partial charge in [0.2, 0.25) is 0 Å². The molecule has 1 spiro atoms. The van der Waals surface area contributed by atoms with Crippen LogP contribution in [-0.2, 0) is 0 Å². The molecule has 6 rings (SSSR count). The molecule has 22 heavy (non-hydrogen) atoms. The fourth-order valence-corrected chi connectivity index (χ4v) is 4.81. The summed E-state index contributed by atoms with van der Waals surface area (Å²) in [5, 5.41) is 7.66. The van der Waals surface area contributed by atoms with Crippen LogP contribution in [0.25, 0.3) is 10.3 Å². The van der Waals surface area contributed by atoms with Gasteiger partial charge in [0.15, 0.2) is 11.1 Å². The zero-order valence-electron chi connectivity index (χ0n) is 12.2. The third-order valence-electron chi connectivity index (χ3n) is 5.13. The van der Waals surface area contributed by atoms with Gasteiger partial charge in [-0.2, -0.15) is 0 Å². The standard InChI is InChI=1S/C15H18N6S/c1-2-11-12(16-5-1)22-14(18-11)19-13-17-8-15(20-13)9-21-6-3-10(15)4-7-21/h1-2,5,10H,3-4,6-9H2,(H2,17,18,19,20). The average molecular weight is 314 g/mol. The Morgan fingerprint density at radius 3 is 3.05 bits per heavy atom. The molecule has 1 unspecified atom stereocenters. The zero-order chi connectivity index (χ0) is 14.6. The molecule has 3 saturated heterocycles. The largest absolute Gasteiger partial charge is 0.354 e. The molecule has 0 aliphatic carbocycles. The molecule has 0 amide bonds. The van der Waals surface area contributed by atoms with E-state index in [2.05, 4.69) is 25.5 Å². The normalized spacial score (nSPS) is 33.2. The molecule has 114 valence electrons. The number of piperidine rings is 3. The molecule has 2 aromatic heterocycles. The number of hydrogen-bond donors (Lipinski definition) is 2. The van der Waals surface area contributed by atoms with Crippen LogP contribution < -0.4 is 10.6 Å². The Morgan fingerprint density at radius 2 is 2.27 bits per heavy atom. The number of nitrogens with zero attached hydrogens (tertiary/aromatic N) is 4. The first-order valence-corrected chi connectivity index (χ1v) is 8.67. The predicted molar refractivity (Wildman–Crippen MR) is 88.4 cm³/mol. The van der Waals surface area contributed by atoms with Gasteiger partial charge >= 0.3 is 0 Å². The van der Waals surface area contributed by atoms with Crippen LogP contribution in [0.2, 0.25) is 0 Å². The number of hydrogen-bond acceptors (Lipinski definition) is 7. The summed E-state index contributed by atoms with van der Waals surface area (Å²) in [4.78, 5) is 17.4. The lowest BCUT2D eigenvalue weighted by atomic mass is 9.73. The SMILES string of the molecule is c1cnc2sc(NC3=NC4(CN3)CN3CCC4CC3)nc2c1. The first-order chi connectivity index (χ1) is 10.8. The summed E-state index contributed by atoms with van der Waals surface area (Å²) < 4.78 is 0. The molecule has 6 heterocycles. The number of rotatable bonds is 1. The molecule has 2 N–H and O–H groups in total. The number of fused-ring (bicyclic) bond motifs is 3. The maximum Gasteiger partial charge on any atom is 0.198 e. The van der Waals surface area contributed by atoms with E-state index in [9.17, 15) is 0 Å². The average Bonchev–Trinajstić information content (AvgIpc) is 3.12. The van der Waals surface area contributed by atoms with E-state index in [0.29, 0.717) is 0 Å². The van der Waals surface area contributed by atoms with Gasteiger partial charge in [-0.3, -0.25) is 0 Å². The maximum absolute atomic E-state index is 5.03. The smallest absolute Gasteiger partial charge is 0.198 e. The highest BCUT2D eigenvalue weighted by Gasteiger charge is 2.49. The summed E-state index contributed by atoms with van der Waals surface area (Å²) in [6.07, 6.45) is 4.37. The van der Waals surface area contributed by atoms with Crippen molar-refractivity contribution in [2.75, 3.05) is 31.5 Å². The van der Waals surface area contributed by atoms with E-state index in [1.807, 2.05) is 12.1 Å². The van der Waals surface area contributed by atoms with Crippen molar-refractivity contribution in [3.8, 4) is 0 Å². The van der Waals surface area contributed by atoms with Gasteiger partial charge < -0.3 is 15.5 Å². The van der Waals surface area contributed by atoms with Gasteiger partial charge in [0.05, 0.1) is 5.54 Å². The van der Waals surface area contributed by atoms with Crippen molar-refractivity contribution in [2.24, 2.45) is 10.9 Å². The molecule has 3 fully saturated rings. The van der Waals surface area contributed by atoms with Crippen LogP contribution in [0.4, 0.5) is 5.13 Å². The molecule has 0 saturated carbocycles. The van der Waals surface area contributed by atoms with E-state index < -0.39 is 0 Å². The van der Waals surface area contributed by atoms with Crippen LogP contribution in [0, 0.1) is 5.92 Å². The van der Waals surface area contributed by atoms with E-state index in [0.717, 1.165) is 40.4 Å². The number of aromatic nitrogens is 2. The lowest BCUT2D eigenvalue weighted by Crippen LogP contribution is -2.59.